The highest BCUT2D eigenvalue weighted by molar-refractivity contribution is 7.92. The van der Waals surface area contributed by atoms with Crippen molar-refractivity contribution in [2.24, 2.45) is 0 Å². The van der Waals surface area contributed by atoms with Crippen LogP contribution in [0.25, 0.3) is 0 Å². The van der Waals surface area contributed by atoms with Crippen molar-refractivity contribution in [3.8, 4) is 0 Å². The van der Waals surface area contributed by atoms with Gasteiger partial charge in [-0.15, -0.1) is 0 Å². The van der Waals surface area contributed by atoms with Crippen LogP contribution in [-0.4, -0.2) is 26.9 Å². The Hall–Kier alpha value is -1.08. The lowest BCUT2D eigenvalue weighted by molar-refractivity contribution is -0.137. The van der Waals surface area contributed by atoms with Crippen LogP contribution in [0.5, 0.6) is 0 Å². The smallest absolute Gasteiger partial charge is 0.381 e. The molecule has 7 heteroatoms. The van der Waals surface area contributed by atoms with E-state index in [1.54, 1.807) is 0 Å². The van der Waals surface area contributed by atoms with E-state index in [9.17, 15) is 21.6 Å². The first-order valence-electron chi connectivity index (χ1n) is 5.81. The van der Waals surface area contributed by atoms with Gasteiger partial charge in [-0.2, -0.15) is 13.2 Å². The van der Waals surface area contributed by atoms with E-state index in [0.29, 0.717) is 32.1 Å². The zero-order valence-electron chi connectivity index (χ0n) is 9.98. The van der Waals surface area contributed by atoms with Crippen LogP contribution in [0.2, 0.25) is 0 Å². The van der Waals surface area contributed by atoms with Gasteiger partial charge in [0, 0.05) is 13.2 Å². The van der Waals surface area contributed by atoms with Gasteiger partial charge < -0.3 is 4.74 Å². The molecule has 1 fully saturated rings. The van der Waals surface area contributed by atoms with E-state index in [0.717, 1.165) is 12.1 Å². The van der Waals surface area contributed by atoms with Crippen LogP contribution in [0.15, 0.2) is 29.2 Å². The molecule has 0 N–H and O–H groups in total. The van der Waals surface area contributed by atoms with Crippen molar-refractivity contribution in [2.75, 3.05) is 13.2 Å². The summed E-state index contributed by atoms with van der Waals surface area (Å²) >= 11 is 0. The predicted molar refractivity (Wildman–Crippen MR) is 62.5 cm³/mol. The van der Waals surface area contributed by atoms with Crippen molar-refractivity contribution in [2.45, 2.75) is 29.2 Å². The molecule has 0 amide bonds. The number of ether oxygens (including phenoxy) is 1. The fourth-order valence-corrected chi connectivity index (χ4v) is 3.79. The Labute approximate surface area is 109 Å². The van der Waals surface area contributed by atoms with Crippen molar-refractivity contribution in [3.63, 3.8) is 0 Å². The van der Waals surface area contributed by atoms with Crippen LogP contribution in [0, 0.1) is 0 Å². The van der Waals surface area contributed by atoms with E-state index in [-0.39, 0.29) is 4.90 Å². The molecule has 1 aromatic carbocycles. The summed E-state index contributed by atoms with van der Waals surface area (Å²) in [6.07, 6.45) is -3.90. The summed E-state index contributed by atoms with van der Waals surface area (Å²) in [5.41, 5.74) is -0.944. The van der Waals surface area contributed by atoms with Gasteiger partial charge >= 0.3 is 6.18 Å². The molecule has 0 spiro atoms. The average molecular weight is 294 g/mol. The van der Waals surface area contributed by atoms with Crippen molar-refractivity contribution < 1.29 is 26.3 Å². The minimum atomic E-state index is -4.54. The predicted octanol–water partition coefficient (Wildman–Crippen LogP) is 2.66. The van der Waals surface area contributed by atoms with Gasteiger partial charge in [0.05, 0.1) is 15.7 Å². The summed E-state index contributed by atoms with van der Waals surface area (Å²) in [4.78, 5) is -0.269. The Balaban J connectivity index is 2.35. The van der Waals surface area contributed by atoms with Gasteiger partial charge in [0.2, 0.25) is 0 Å². The number of hydrogen-bond donors (Lipinski definition) is 0. The SMILES string of the molecule is O=S(=O)(c1cccc(C(F)(F)F)c1)C1CCOCC1. The molecule has 0 radical (unpaired) electrons. The lowest BCUT2D eigenvalue weighted by atomic mass is 10.2. The van der Waals surface area contributed by atoms with Gasteiger partial charge in [-0.25, -0.2) is 8.42 Å². The molecule has 0 aliphatic carbocycles. The Morgan fingerprint density at radius 1 is 1.16 bits per heavy atom. The normalized spacial score (nSPS) is 18.5. The summed E-state index contributed by atoms with van der Waals surface area (Å²) in [5.74, 6) is 0. The maximum absolute atomic E-state index is 12.6. The van der Waals surface area contributed by atoms with E-state index < -0.39 is 26.8 Å². The average Bonchev–Trinajstić information content (AvgIpc) is 2.39. The van der Waals surface area contributed by atoms with Crippen LogP contribution < -0.4 is 0 Å². The first-order valence-corrected chi connectivity index (χ1v) is 7.35. The topological polar surface area (TPSA) is 43.4 Å². The molecule has 1 aliphatic heterocycles. The standard InChI is InChI=1S/C12H13F3O3S/c13-12(14,15)9-2-1-3-11(8-9)19(16,17)10-4-6-18-7-5-10/h1-3,8,10H,4-7H2. The van der Waals surface area contributed by atoms with Crippen LogP contribution in [0.1, 0.15) is 18.4 Å². The Morgan fingerprint density at radius 2 is 1.79 bits per heavy atom. The molecule has 0 saturated carbocycles. The van der Waals surface area contributed by atoms with E-state index in [4.69, 9.17) is 4.74 Å². The molecule has 0 atom stereocenters. The van der Waals surface area contributed by atoms with Crippen molar-refractivity contribution in [1.29, 1.82) is 0 Å². The zero-order chi connectivity index (χ0) is 14.1. The van der Waals surface area contributed by atoms with Crippen molar-refractivity contribution in [1.82, 2.24) is 0 Å². The minimum Gasteiger partial charge on any atom is -0.381 e. The van der Waals surface area contributed by atoms with E-state index in [1.165, 1.54) is 6.07 Å². The van der Waals surface area contributed by atoms with Gasteiger partial charge in [-0.1, -0.05) is 6.07 Å². The minimum absolute atomic E-state index is 0.269. The molecule has 2 rings (SSSR count). The zero-order valence-corrected chi connectivity index (χ0v) is 10.8. The van der Waals surface area contributed by atoms with Crippen LogP contribution >= 0.6 is 0 Å². The number of halogens is 3. The maximum atomic E-state index is 12.6. The second-order valence-corrected chi connectivity index (χ2v) is 6.61. The summed E-state index contributed by atoms with van der Waals surface area (Å²) in [5, 5.41) is -0.662. The van der Waals surface area contributed by atoms with Gasteiger partial charge in [-0.05, 0) is 31.0 Å². The van der Waals surface area contributed by atoms with Crippen LogP contribution in [-0.2, 0) is 20.8 Å². The van der Waals surface area contributed by atoms with E-state index in [1.807, 2.05) is 0 Å². The third-order valence-corrected chi connectivity index (χ3v) is 5.36. The van der Waals surface area contributed by atoms with Crippen molar-refractivity contribution >= 4 is 9.84 Å². The van der Waals surface area contributed by atoms with Gasteiger partial charge in [0.25, 0.3) is 0 Å². The lowest BCUT2D eigenvalue weighted by Gasteiger charge is -2.22. The van der Waals surface area contributed by atoms with Crippen molar-refractivity contribution in [3.05, 3.63) is 29.8 Å². The quantitative estimate of drug-likeness (QED) is 0.842. The molecule has 1 aliphatic rings. The number of rotatable bonds is 2. The third kappa shape index (κ3) is 3.09. The molecule has 1 aromatic rings. The Kier molecular flexibility index (Phi) is 3.87. The summed E-state index contributed by atoms with van der Waals surface area (Å²) in [6, 6.07) is 3.89. The second kappa shape index (κ2) is 5.13. The summed E-state index contributed by atoms with van der Waals surface area (Å²) in [6.45, 7) is 0.645. The second-order valence-electron chi connectivity index (χ2n) is 4.38. The molecule has 0 unspecified atom stereocenters. The fourth-order valence-electron chi connectivity index (χ4n) is 2.03. The molecule has 1 saturated heterocycles. The Bertz CT molecular complexity index is 546. The fraction of sp³-hybridized carbons (Fsp3) is 0.500. The molecule has 0 aromatic heterocycles. The molecule has 19 heavy (non-hydrogen) atoms. The molecule has 0 bridgehead atoms. The van der Waals surface area contributed by atoms with Gasteiger partial charge in [0.1, 0.15) is 0 Å². The van der Waals surface area contributed by atoms with Gasteiger partial charge in [-0.3, -0.25) is 0 Å². The third-order valence-electron chi connectivity index (χ3n) is 3.10. The molecule has 1 heterocycles. The highest BCUT2D eigenvalue weighted by atomic mass is 32.2. The molecular weight excluding hydrogens is 281 g/mol. The van der Waals surface area contributed by atoms with Gasteiger partial charge in [0.15, 0.2) is 9.84 Å². The highest BCUT2D eigenvalue weighted by Crippen LogP contribution is 2.32. The lowest BCUT2D eigenvalue weighted by Crippen LogP contribution is -2.29. The molecular formula is C12H13F3O3S. The van der Waals surface area contributed by atoms with Crippen LogP contribution in [0.3, 0.4) is 0 Å². The number of sulfone groups is 1. The molecule has 106 valence electrons. The number of alkyl halides is 3. The first kappa shape index (κ1) is 14.3. The summed E-state index contributed by atoms with van der Waals surface area (Å²) < 4.78 is 67.3. The van der Waals surface area contributed by atoms with E-state index >= 15 is 0 Å². The van der Waals surface area contributed by atoms with E-state index in [2.05, 4.69) is 0 Å². The monoisotopic (exact) mass is 294 g/mol. The Morgan fingerprint density at radius 3 is 2.37 bits per heavy atom. The number of benzene rings is 1. The largest absolute Gasteiger partial charge is 0.416 e. The van der Waals surface area contributed by atoms with Crippen LogP contribution in [0.4, 0.5) is 13.2 Å². The summed E-state index contributed by atoms with van der Waals surface area (Å²) in [7, 11) is -3.72. The number of hydrogen-bond acceptors (Lipinski definition) is 3. The maximum Gasteiger partial charge on any atom is 0.416 e. The highest BCUT2D eigenvalue weighted by Gasteiger charge is 2.34. The molecule has 3 nitrogen and oxygen atoms in total. The first-order chi connectivity index (χ1) is 8.82.